The molecule has 1 atom stereocenters. The van der Waals surface area contributed by atoms with Gasteiger partial charge in [0.15, 0.2) is 0 Å². The Morgan fingerprint density at radius 1 is 1.20 bits per heavy atom. The molecular formula is C13H20OS. The van der Waals surface area contributed by atoms with Crippen LogP contribution in [0, 0.1) is 11.8 Å². The fourth-order valence-electron chi connectivity index (χ4n) is 1.72. The molecule has 0 bridgehead atoms. The first kappa shape index (κ1) is 14.2. The van der Waals surface area contributed by atoms with Crippen molar-refractivity contribution in [2.75, 3.05) is 0 Å². The Kier molecular flexibility index (Phi) is 6.34. The van der Waals surface area contributed by atoms with Gasteiger partial charge in [-0.1, -0.05) is 44.2 Å². The number of carbonyl (C=O) groups is 1. The highest BCUT2D eigenvalue weighted by molar-refractivity contribution is 7.59. The quantitative estimate of drug-likeness (QED) is 0.767. The SMILES string of the molecule is CC(=O)C(Cc1ccccc1)C(C)C.S. The van der Waals surface area contributed by atoms with Crippen LogP contribution in [-0.4, -0.2) is 5.78 Å². The summed E-state index contributed by atoms with van der Waals surface area (Å²) >= 11 is 0. The van der Waals surface area contributed by atoms with Gasteiger partial charge in [-0.05, 0) is 24.8 Å². The third kappa shape index (κ3) is 4.52. The second kappa shape index (κ2) is 6.67. The van der Waals surface area contributed by atoms with E-state index >= 15 is 0 Å². The highest BCUT2D eigenvalue weighted by atomic mass is 32.1. The van der Waals surface area contributed by atoms with E-state index in [9.17, 15) is 4.79 Å². The number of hydrogen-bond donors (Lipinski definition) is 0. The van der Waals surface area contributed by atoms with Gasteiger partial charge in [-0.25, -0.2) is 0 Å². The van der Waals surface area contributed by atoms with Crippen LogP contribution >= 0.6 is 13.5 Å². The Bertz CT molecular complexity index is 293. The summed E-state index contributed by atoms with van der Waals surface area (Å²) in [5.41, 5.74) is 1.25. The van der Waals surface area contributed by atoms with Gasteiger partial charge in [0.1, 0.15) is 5.78 Å². The Morgan fingerprint density at radius 3 is 2.13 bits per heavy atom. The van der Waals surface area contributed by atoms with E-state index in [0.717, 1.165) is 6.42 Å². The molecule has 1 unspecified atom stereocenters. The average Bonchev–Trinajstić information content (AvgIpc) is 2.15. The van der Waals surface area contributed by atoms with Crippen LogP contribution in [0.1, 0.15) is 26.3 Å². The lowest BCUT2D eigenvalue weighted by Crippen LogP contribution is -2.20. The molecule has 0 aliphatic heterocycles. The molecule has 84 valence electrons. The van der Waals surface area contributed by atoms with Crippen LogP contribution in [0.5, 0.6) is 0 Å². The smallest absolute Gasteiger partial charge is 0.133 e. The van der Waals surface area contributed by atoms with E-state index in [4.69, 9.17) is 0 Å². The second-order valence-electron chi connectivity index (χ2n) is 4.15. The van der Waals surface area contributed by atoms with Gasteiger partial charge >= 0.3 is 0 Å². The van der Waals surface area contributed by atoms with E-state index in [0.29, 0.717) is 11.7 Å². The molecule has 0 amide bonds. The van der Waals surface area contributed by atoms with Crippen molar-refractivity contribution >= 4 is 19.3 Å². The molecule has 15 heavy (non-hydrogen) atoms. The molecule has 0 aromatic heterocycles. The summed E-state index contributed by atoms with van der Waals surface area (Å²) in [6.45, 7) is 5.90. The normalized spacial score (nSPS) is 12.0. The lowest BCUT2D eigenvalue weighted by molar-refractivity contribution is -0.121. The predicted molar refractivity (Wildman–Crippen MR) is 69.5 cm³/mol. The van der Waals surface area contributed by atoms with Crippen LogP contribution in [0.25, 0.3) is 0 Å². The molecule has 0 aliphatic rings. The fourth-order valence-corrected chi connectivity index (χ4v) is 1.72. The monoisotopic (exact) mass is 224 g/mol. The van der Waals surface area contributed by atoms with E-state index in [1.165, 1.54) is 5.56 Å². The first-order valence-corrected chi connectivity index (χ1v) is 5.15. The van der Waals surface area contributed by atoms with Gasteiger partial charge in [-0.3, -0.25) is 4.79 Å². The summed E-state index contributed by atoms with van der Waals surface area (Å²) in [4.78, 5) is 11.4. The van der Waals surface area contributed by atoms with Gasteiger partial charge in [-0.15, -0.1) is 0 Å². The van der Waals surface area contributed by atoms with Crippen molar-refractivity contribution in [3.8, 4) is 0 Å². The highest BCUT2D eigenvalue weighted by Gasteiger charge is 2.18. The molecule has 0 heterocycles. The molecule has 0 saturated carbocycles. The number of ketones is 1. The van der Waals surface area contributed by atoms with Gasteiger partial charge in [0.05, 0.1) is 0 Å². The van der Waals surface area contributed by atoms with Crippen LogP contribution in [0.4, 0.5) is 0 Å². The maximum absolute atomic E-state index is 11.4. The molecular weight excluding hydrogens is 204 g/mol. The van der Waals surface area contributed by atoms with Crippen molar-refractivity contribution in [1.82, 2.24) is 0 Å². The van der Waals surface area contributed by atoms with Crippen molar-refractivity contribution in [2.45, 2.75) is 27.2 Å². The zero-order chi connectivity index (χ0) is 10.6. The van der Waals surface area contributed by atoms with E-state index < -0.39 is 0 Å². The van der Waals surface area contributed by atoms with E-state index in [1.54, 1.807) is 6.92 Å². The minimum Gasteiger partial charge on any atom is -0.300 e. The summed E-state index contributed by atoms with van der Waals surface area (Å²) in [5, 5.41) is 0. The minimum absolute atomic E-state index is 0. The molecule has 1 nitrogen and oxygen atoms in total. The number of hydrogen-bond acceptors (Lipinski definition) is 1. The molecule has 2 heteroatoms. The van der Waals surface area contributed by atoms with Crippen LogP contribution in [-0.2, 0) is 11.2 Å². The predicted octanol–water partition coefficient (Wildman–Crippen LogP) is 3.20. The average molecular weight is 224 g/mol. The maximum Gasteiger partial charge on any atom is 0.133 e. The van der Waals surface area contributed by atoms with Crippen LogP contribution in [0.2, 0.25) is 0 Å². The Labute approximate surface area is 99.3 Å². The van der Waals surface area contributed by atoms with E-state index in [-0.39, 0.29) is 19.4 Å². The lowest BCUT2D eigenvalue weighted by Gasteiger charge is -2.17. The number of rotatable bonds is 4. The Balaban J connectivity index is 0.00000196. The van der Waals surface area contributed by atoms with Crippen molar-refractivity contribution in [1.29, 1.82) is 0 Å². The van der Waals surface area contributed by atoms with E-state index in [1.807, 2.05) is 18.2 Å². The topological polar surface area (TPSA) is 17.1 Å². The van der Waals surface area contributed by atoms with Crippen molar-refractivity contribution < 1.29 is 4.79 Å². The summed E-state index contributed by atoms with van der Waals surface area (Å²) < 4.78 is 0. The third-order valence-corrected chi connectivity index (χ3v) is 2.63. The largest absolute Gasteiger partial charge is 0.300 e. The van der Waals surface area contributed by atoms with Crippen molar-refractivity contribution in [2.24, 2.45) is 11.8 Å². The highest BCUT2D eigenvalue weighted by Crippen LogP contribution is 2.17. The van der Waals surface area contributed by atoms with Gasteiger partial charge in [0, 0.05) is 5.92 Å². The maximum atomic E-state index is 11.4. The number of benzene rings is 1. The van der Waals surface area contributed by atoms with Crippen LogP contribution in [0.15, 0.2) is 30.3 Å². The molecule has 0 aliphatic carbocycles. The van der Waals surface area contributed by atoms with Crippen molar-refractivity contribution in [3.63, 3.8) is 0 Å². The van der Waals surface area contributed by atoms with Gasteiger partial charge < -0.3 is 0 Å². The fraction of sp³-hybridized carbons (Fsp3) is 0.462. The van der Waals surface area contributed by atoms with Crippen LogP contribution in [0.3, 0.4) is 0 Å². The molecule has 0 radical (unpaired) electrons. The standard InChI is InChI=1S/C13H18O.H2S/c1-10(2)13(11(3)14)9-12-7-5-4-6-8-12;/h4-8,10,13H,9H2,1-3H3;1H2. The molecule has 0 fully saturated rings. The lowest BCUT2D eigenvalue weighted by atomic mass is 9.86. The minimum atomic E-state index is 0. The summed E-state index contributed by atoms with van der Waals surface area (Å²) in [7, 11) is 0. The summed E-state index contributed by atoms with van der Waals surface area (Å²) in [5.74, 6) is 0.883. The molecule has 0 spiro atoms. The van der Waals surface area contributed by atoms with Gasteiger partial charge in [0.25, 0.3) is 0 Å². The zero-order valence-corrected chi connectivity index (χ0v) is 10.7. The Morgan fingerprint density at radius 2 is 1.73 bits per heavy atom. The van der Waals surface area contributed by atoms with Gasteiger partial charge in [0.2, 0.25) is 0 Å². The second-order valence-corrected chi connectivity index (χ2v) is 4.15. The summed E-state index contributed by atoms with van der Waals surface area (Å²) in [6, 6.07) is 10.2. The van der Waals surface area contributed by atoms with E-state index in [2.05, 4.69) is 26.0 Å². The molecule has 0 saturated heterocycles. The molecule has 0 N–H and O–H groups in total. The molecule has 1 aromatic rings. The number of carbonyl (C=O) groups excluding carboxylic acids is 1. The molecule has 1 rings (SSSR count). The van der Waals surface area contributed by atoms with Crippen molar-refractivity contribution in [3.05, 3.63) is 35.9 Å². The summed E-state index contributed by atoms with van der Waals surface area (Å²) in [6.07, 6.45) is 0.869. The Hall–Kier alpha value is -0.760. The zero-order valence-electron chi connectivity index (χ0n) is 9.66. The first-order valence-electron chi connectivity index (χ1n) is 5.15. The third-order valence-electron chi connectivity index (χ3n) is 2.63. The number of Topliss-reactive ketones (excluding diaryl/α,β-unsaturated/α-hetero) is 1. The first-order chi connectivity index (χ1) is 6.61. The van der Waals surface area contributed by atoms with Crippen LogP contribution < -0.4 is 0 Å². The van der Waals surface area contributed by atoms with Gasteiger partial charge in [-0.2, -0.15) is 13.5 Å². The molecule has 1 aromatic carbocycles.